The van der Waals surface area contributed by atoms with Crippen molar-refractivity contribution in [3.05, 3.63) is 47.7 Å². The van der Waals surface area contributed by atoms with Crippen molar-refractivity contribution in [1.82, 2.24) is 10.3 Å². The number of H-pyrrole nitrogens is 1. The molecule has 1 unspecified atom stereocenters. The fraction of sp³-hybridized carbons (Fsp3) is 0.357. The third-order valence-electron chi connectivity index (χ3n) is 2.88. The molecular formula is C14H18N2O3. The molecule has 2 aromatic heterocycles. The van der Waals surface area contributed by atoms with Crippen LogP contribution in [-0.4, -0.2) is 24.1 Å². The van der Waals surface area contributed by atoms with Crippen molar-refractivity contribution in [3.63, 3.8) is 0 Å². The lowest BCUT2D eigenvalue weighted by atomic mass is 10.2. The number of methoxy groups -OCH3 is 1. The Bertz CT molecular complexity index is 517. The molecule has 0 saturated carbocycles. The molecule has 0 aromatic carbocycles. The summed E-state index contributed by atoms with van der Waals surface area (Å²) in [5.74, 6) is 0.608. The molecule has 0 bridgehead atoms. The van der Waals surface area contributed by atoms with Gasteiger partial charge < -0.3 is 19.5 Å². The van der Waals surface area contributed by atoms with Gasteiger partial charge in [0.1, 0.15) is 11.5 Å². The van der Waals surface area contributed by atoms with Crippen LogP contribution in [0.2, 0.25) is 0 Å². The van der Waals surface area contributed by atoms with Crippen LogP contribution in [0.25, 0.3) is 0 Å². The molecule has 102 valence electrons. The molecule has 2 rings (SSSR count). The van der Waals surface area contributed by atoms with Gasteiger partial charge in [-0.25, -0.2) is 4.79 Å². The van der Waals surface area contributed by atoms with E-state index in [-0.39, 0.29) is 12.0 Å². The van der Waals surface area contributed by atoms with Crippen LogP contribution >= 0.6 is 0 Å². The smallest absolute Gasteiger partial charge is 0.354 e. The molecule has 2 heterocycles. The topological polar surface area (TPSA) is 67.3 Å². The summed E-state index contributed by atoms with van der Waals surface area (Å²) in [6, 6.07) is 7.73. The van der Waals surface area contributed by atoms with Gasteiger partial charge in [-0.15, -0.1) is 0 Å². The first kappa shape index (κ1) is 13.4. The van der Waals surface area contributed by atoms with Crippen molar-refractivity contribution >= 4 is 5.97 Å². The Kier molecular flexibility index (Phi) is 4.41. The molecule has 0 spiro atoms. The molecule has 2 aromatic rings. The zero-order chi connectivity index (χ0) is 13.7. The molecule has 0 fully saturated rings. The zero-order valence-corrected chi connectivity index (χ0v) is 11.1. The molecule has 19 heavy (non-hydrogen) atoms. The third kappa shape index (κ3) is 3.72. The number of carbonyl (C=O) groups is 1. The standard InChI is InChI=1S/C14H18N2O3/c1-10(8-12-4-3-7-19-12)15-9-11-5-6-13(16-11)14(17)18-2/h3-7,10,15-16H,8-9H2,1-2H3. The summed E-state index contributed by atoms with van der Waals surface area (Å²) in [6.07, 6.45) is 2.51. The van der Waals surface area contributed by atoms with E-state index in [1.54, 1.807) is 12.3 Å². The van der Waals surface area contributed by atoms with Crippen molar-refractivity contribution in [3.8, 4) is 0 Å². The summed E-state index contributed by atoms with van der Waals surface area (Å²) in [5, 5.41) is 3.36. The van der Waals surface area contributed by atoms with Gasteiger partial charge in [-0.05, 0) is 31.2 Å². The number of aromatic nitrogens is 1. The lowest BCUT2D eigenvalue weighted by Crippen LogP contribution is -2.27. The number of rotatable bonds is 6. The second-order valence-electron chi connectivity index (χ2n) is 4.45. The van der Waals surface area contributed by atoms with Crippen LogP contribution in [0.1, 0.15) is 28.9 Å². The average Bonchev–Trinajstić information content (AvgIpc) is 3.06. The Hall–Kier alpha value is -2.01. The summed E-state index contributed by atoms with van der Waals surface area (Å²) in [5.41, 5.74) is 1.42. The second-order valence-corrected chi connectivity index (χ2v) is 4.45. The number of aromatic amines is 1. The van der Waals surface area contributed by atoms with Crippen molar-refractivity contribution in [2.24, 2.45) is 0 Å². The predicted octanol–water partition coefficient (Wildman–Crippen LogP) is 2.12. The highest BCUT2D eigenvalue weighted by Gasteiger charge is 2.09. The fourth-order valence-corrected chi connectivity index (χ4v) is 1.86. The van der Waals surface area contributed by atoms with Crippen molar-refractivity contribution < 1.29 is 13.9 Å². The molecule has 0 amide bonds. The molecule has 1 atom stereocenters. The molecule has 5 nitrogen and oxygen atoms in total. The minimum Gasteiger partial charge on any atom is -0.469 e. The van der Waals surface area contributed by atoms with Crippen LogP contribution in [0.4, 0.5) is 0 Å². The number of furan rings is 1. The monoisotopic (exact) mass is 262 g/mol. The predicted molar refractivity (Wildman–Crippen MR) is 70.8 cm³/mol. The maximum Gasteiger partial charge on any atom is 0.354 e. The lowest BCUT2D eigenvalue weighted by Gasteiger charge is -2.11. The van der Waals surface area contributed by atoms with Crippen molar-refractivity contribution in [2.45, 2.75) is 25.9 Å². The molecular weight excluding hydrogens is 244 g/mol. The van der Waals surface area contributed by atoms with E-state index in [1.165, 1.54) is 7.11 Å². The first-order valence-electron chi connectivity index (χ1n) is 6.21. The number of nitrogens with one attached hydrogen (secondary N) is 2. The van der Waals surface area contributed by atoms with E-state index in [0.29, 0.717) is 12.2 Å². The molecule has 5 heteroatoms. The Labute approximate surface area is 112 Å². The highest BCUT2D eigenvalue weighted by Crippen LogP contribution is 2.06. The van der Waals surface area contributed by atoms with E-state index < -0.39 is 0 Å². The van der Waals surface area contributed by atoms with E-state index in [0.717, 1.165) is 17.9 Å². The summed E-state index contributed by atoms with van der Waals surface area (Å²) >= 11 is 0. The number of carbonyl (C=O) groups excluding carboxylic acids is 1. The normalized spacial score (nSPS) is 12.3. The largest absolute Gasteiger partial charge is 0.469 e. The van der Waals surface area contributed by atoms with Gasteiger partial charge >= 0.3 is 5.97 Å². The maximum absolute atomic E-state index is 11.3. The van der Waals surface area contributed by atoms with Crippen LogP contribution in [-0.2, 0) is 17.7 Å². The third-order valence-corrected chi connectivity index (χ3v) is 2.88. The highest BCUT2D eigenvalue weighted by molar-refractivity contribution is 5.87. The SMILES string of the molecule is COC(=O)c1ccc(CNC(C)Cc2ccco2)[nH]1. The van der Waals surface area contributed by atoms with Crippen molar-refractivity contribution in [1.29, 1.82) is 0 Å². The quantitative estimate of drug-likeness (QED) is 0.782. The van der Waals surface area contributed by atoms with Gasteiger partial charge in [0, 0.05) is 24.7 Å². The van der Waals surface area contributed by atoms with Crippen LogP contribution in [0.5, 0.6) is 0 Å². The average molecular weight is 262 g/mol. The van der Waals surface area contributed by atoms with Crippen LogP contribution in [0.15, 0.2) is 34.9 Å². The number of hydrogen-bond donors (Lipinski definition) is 2. The molecule has 0 aliphatic heterocycles. The van der Waals surface area contributed by atoms with Gasteiger partial charge in [-0.1, -0.05) is 0 Å². The summed E-state index contributed by atoms with van der Waals surface area (Å²) in [7, 11) is 1.37. The van der Waals surface area contributed by atoms with Gasteiger partial charge in [-0.3, -0.25) is 0 Å². The Morgan fingerprint density at radius 2 is 2.32 bits per heavy atom. The number of ether oxygens (including phenoxy) is 1. The minimum atomic E-state index is -0.352. The lowest BCUT2D eigenvalue weighted by molar-refractivity contribution is 0.0594. The van der Waals surface area contributed by atoms with Crippen LogP contribution in [0.3, 0.4) is 0 Å². The fourth-order valence-electron chi connectivity index (χ4n) is 1.86. The summed E-state index contributed by atoms with van der Waals surface area (Å²) in [4.78, 5) is 14.3. The summed E-state index contributed by atoms with van der Waals surface area (Å²) in [6.45, 7) is 2.76. The van der Waals surface area contributed by atoms with Crippen molar-refractivity contribution in [2.75, 3.05) is 7.11 Å². The zero-order valence-electron chi connectivity index (χ0n) is 11.1. The Morgan fingerprint density at radius 1 is 1.47 bits per heavy atom. The minimum absolute atomic E-state index is 0.288. The Balaban J connectivity index is 1.81. The van der Waals surface area contributed by atoms with Gasteiger partial charge in [0.25, 0.3) is 0 Å². The molecule has 2 N–H and O–H groups in total. The van der Waals surface area contributed by atoms with E-state index in [9.17, 15) is 4.79 Å². The second kappa shape index (κ2) is 6.24. The Morgan fingerprint density at radius 3 is 3.00 bits per heavy atom. The first-order chi connectivity index (χ1) is 9.19. The number of esters is 1. The van der Waals surface area contributed by atoms with E-state index in [4.69, 9.17) is 4.42 Å². The van der Waals surface area contributed by atoms with E-state index in [1.807, 2.05) is 18.2 Å². The maximum atomic E-state index is 11.3. The first-order valence-corrected chi connectivity index (χ1v) is 6.21. The molecule has 0 saturated heterocycles. The molecule has 0 aliphatic carbocycles. The van der Waals surface area contributed by atoms with Crippen LogP contribution in [0, 0.1) is 0 Å². The van der Waals surface area contributed by atoms with Gasteiger partial charge in [0.2, 0.25) is 0 Å². The van der Waals surface area contributed by atoms with Gasteiger partial charge in [0.05, 0.1) is 13.4 Å². The summed E-state index contributed by atoms with van der Waals surface area (Å²) < 4.78 is 9.94. The molecule has 0 radical (unpaired) electrons. The van der Waals surface area contributed by atoms with Gasteiger partial charge in [0.15, 0.2) is 0 Å². The van der Waals surface area contributed by atoms with E-state index >= 15 is 0 Å². The number of hydrogen-bond acceptors (Lipinski definition) is 4. The van der Waals surface area contributed by atoms with Crippen LogP contribution < -0.4 is 5.32 Å². The highest BCUT2D eigenvalue weighted by atomic mass is 16.5. The molecule has 0 aliphatic rings. The van der Waals surface area contributed by atoms with E-state index in [2.05, 4.69) is 22.0 Å². The van der Waals surface area contributed by atoms with Gasteiger partial charge in [-0.2, -0.15) is 0 Å².